The van der Waals surface area contributed by atoms with Crippen LogP contribution in [0.5, 0.6) is 0 Å². The Labute approximate surface area is 82.4 Å². The van der Waals surface area contributed by atoms with Crippen molar-refractivity contribution in [1.29, 1.82) is 0 Å². The summed E-state index contributed by atoms with van der Waals surface area (Å²) in [5.41, 5.74) is 0. The minimum Gasteiger partial charge on any atom is -0.309 e. The lowest BCUT2D eigenvalue weighted by molar-refractivity contribution is 0.590. The van der Waals surface area contributed by atoms with Crippen molar-refractivity contribution in [2.75, 3.05) is 12.3 Å². The number of aryl methyl sites for hydroxylation is 1. The zero-order valence-electron chi connectivity index (χ0n) is 7.84. The van der Waals surface area contributed by atoms with Gasteiger partial charge in [-0.15, -0.1) is 0 Å². The van der Waals surface area contributed by atoms with E-state index in [9.17, 15) is 8.42 Å². The minimum absolute atomic E-state index is 0.0835. The predicted molar refractivity (Wildman–Crippen MR) is 50.7 cm³/mol. The molecule has 0 unspecified atom stereocenters. The summed E-state index contributed by atoms with van der Waals surface area (Å²) in [5.74, 6) is 0.543. The molecule has 1 aromatic rings. The van der Waals surface area contributed by atoms with Crippen LogP contribution in [0.1, 0.15) is 5.82 Å². The Bertz CT molecular complexity index is 385. The molecule has 0 spiro atoms. The second-order valence-corrected chi connectivity index (χ2v) is 4.61. The molecule has 0 saturated carbocycles. The summed E-state index contributed by atoms with van der Waals surface area (Å²) in [6, 6.07) is 0. The van der Waals surface area contributed by atoms with Gasteiger partial charge in [0, 0.05) is 13.6 Å². The number of primary sulfonamides is 1. The molecule has 0 aromatic carbocycles. The van der Waals surface area contributed by atoms with Crippen LogP contribution < -0.4 is 10.5 Å². The van der Waals surface area contributed by atoms with Gasteiger partial charge in [-0.3, -0.25) is 4.68 Å². The number of nitrogens with one attached hydrogen (secondary N) is 1. The predicted octanol–water partition coefficient (Wildman–Crippen LogP) is -1.81. The van der Waals surface area contributed by atoms with Crippen molar-refractivity contribution in [2.24, 2.45) is 12.2 Å². The molecule has 80 valence electrons. The van der Waals surface area contributed by atoms with Crippen molar-refractivity contribution in [2.45, 2.75) is 6.54 Å². The highest BCUT2D eigenvalue weighted by Gasteiger charge is 2.02. The van der Waals surface area contributed by atoms with Gasteiger partial charge in [0.25, 0.3) is 0 Å². The van der Waals surface area contributed by atoms with Crippen molar-refractivity contribution in [1.82, 2.24) is 20.1 Å². The lowest BCUT2D eigenvalue weighted by atomic mass is 10.6. The zero-order chi connectivity index (χ0) is 10.6. The first-order chi connectivity index (χ1) is 6.47. The lowest BCUT2D eigenvalue weighted by Gasteiger charge is -1.99. The van der Waals surface area contributed by atoms with Gasteiger partial charge in [-0.2, -0.15) is 5.10 Å². The van der Waals surface area contributed by atoms with Crippen LogP contribution in [0, 0.1) is 0 Å². The van der Waals surface area contributed by atoms with Crippen molar-refractivity contribution in [3.8, 4) is 0 Å². The van der Waals surface area contributed by atoms with E-state index in [4.69, 9.17) is 5.14 Å². The number of rotatable bonds is 5. The Balaban J connectivity index is 2.23. The molecule has 1 aromatic heterocycles. The number of nitrogens with two attached hydrogens (primary N) is 1. The van der Waals surface area contributed by atoms with Gasteiger partial charge in [-0.1, -0.05) is 0 Å². The summed E-state index contributed by atoms with van der Waals surface area (Å²) in [5, 5.41) is 11.7. The van der Waals surface area contributed by atoms with Gasteiger partial charge in [0.2, 0.25) is 10.0 Å². The smallest absolute Gasteiger partial charge is 0.210 e. The van der Waals surface area contributed by atoms with Gasteiger partial charge in [0.1, 0.15) is 6.33 Å². The van der Waals surface area contributed by atoms with Crippen LogP contribution in [0.4, 0.5) is 0 Å². The lowest BCUT2D eigenvalue weighted by Crippen LogP contribution is -2.27. The van der Waals surface area contributed by atoms with E-state index in [1.54, 1.807) is 18.1 Å². The summed E-state index contributed by atoms with van der Waals surface area (Å²) in [4.78, 5) is 3.96. The van der Waals surface area contributed by atoms with E-state index in [1.807, 2.05) is 0 Å². The van der Waals surface area contributed by atoms with E-state index in [-0.39, 0.29) is 5.75 Å². The molecule has 0 radical (unpaired) electrons. The molecule has 14 heavy (non-hydrogen) atoms. The highest BCUT2D eigenvalue weighted by Crippen LogP contribution is 1.86. The molecule has 0 atom stereocenters. The van der Waals surface area contributed by atoms with Crippen molar-refractivity contribution in [3.63, 3.8) is 0 Å². The number of nitrogens with zero attached hydrogens (tertiary/aromatic N) is 3. The SMILES string of the molecule is Cn1cnc(CNCCS(N)(=O)=O)n1. The Morgan fingerprint density at radius 2 is 2.36 bits per heavy atom. The van der Waals surface area contributed by atoms with Crippen molar-refractivity contribution in [3.05, 3.63) is 12.2 Å². The van der Waals surface area contributed by atoms with Gasteiger partial charge >= 0.3 is 0 Å². The molecule has 1 heterocycles. The maximum Gasteiger partial charge on any atom is 0.210 e. The highest BCUT2D eigenvalue weighted by molar-refractivity contribution is 7.89. The first-order valence-corrected chi connectivity index (χ1v) is 5.74. The molecule has 0 saturated heterocycles. The molecule has 8 heteroatoms. The van der Waals surface area contributed by atoms with E-state index in [1.165, 1.54) is 0 Å². The third-order valence-electron chi connectivity index (χ3n) is 1.49. The molecule has 1 rings (SSSR count). The van der Waals surface area contributed by atoms with Crippen LogP contribution in [-0.4, -0.2) is 35.5 Å². The molecule has 0 amide bonds. The number of aromatic nitrogens is 3. The fourth-order valence-electron chi connectivity index (χ4n) is 0.880. The van der Waals surface area contributed by atoms with Crippen LogP contribution in [0.25, 0.3) is 0 Å². The van der Waals surface area contributed by atoms with Gasteiger partial charge in [-0.25, -0.2) is 18.5 Å². The molecule has 3 N–H and O–H groups in total. The standard InChI is InChI=1S/C6H13N5O2S/c1-11-5-9-6(10-11)4-8-2-3-14(7,12)13/h5,8H,2-4H2,1H3,(H2,7,12,13). The topological polar surface area (TPSA) is 103 Å². The molecule has 0 aliphatic heterocycles. The van der Waals surface area contributed by atoms with E-state index in [0.29, 0.717) is 18.9 Å². The van der Waals surface area contributed by atoms with Gasteiger partial charge in [-0.05, 0) is 0 Å². The van der Waals surface area contributed by atoms with Crippen LogP contribution >= 0.6 is 0 Å². The Morgan fingerprint density at radius 3 is 2.86 bits per heavy atom. The third kappa shape index (κ3) is 4.30. The molecular formula is C6H13N5O2S. The molecule has 7 nitrogen and oxygen atoms in total. The first kappa shape index (κ1) is 11.1. The summed E-state index contributed by atoms with van der Waals surface area (Å²) in [6.07, 6.45) is 1.58. The largest absolute Gasteiger partial charge is 0.309 e. The average molecular weight is 219 g/mol. The second kappa shape index (κ2) is 4.49. The summed E-state index contributed by atoms with van der Waals surface area (Å²) >= 11 is 0. The van der Waals surface area contributed by atoms with Gasteiger partial charge in [0.05, 0.1) is 12.3 Å². The van der Waals surface area contributed by atoms with E-state index >= 15 is 0 Å². The highest BCUT2D eigenvalue weighted by atomic mass is 32.2. The van der Waals surface area contributed by atoms with Crippen molar-refractivity contribution >= 4 is 10.0 Å². The summed E-state index contributed by atoms with van der Waals surface area (Å²) < 4.78 is 22.7. The molecule has 0 bridgehead atoms. The van der Waals surface area contributed by atoms with Gasteiger partial charge in [0.15, 0.2) is 5.82 Å². The Kier molecular flexibility index (Phi) is 3.55. The minimum atomic E-state index is -3.38. The average Bonchev–Trinajstić information content (AvgIpc) is 2.44. The fraction of sp³-hybridized carbons (Fsp3) is 0.667. The van der Waals surface area contributed by atoms with E-state index in [0.717, 1.165) is 0 Å². The van der Waals surface area contributed by atoms with Gasteiger partial charge < -0.3 is 5.32 Å². The van der Waals surface area contributed by atoms with Crippen LogP contribution in [-0.2, 0) is 23.6 Å². The summed E-state index contributed by atoms with van der Waals surface area (Å²) in [6.45, 7) is 0.743. The van der Waals surface area contributed by atoms with Crippen LogP contribution in [0.15, 0.2) is 6.33 Å². The van der Waals surface area contributed by atoms with Crippen LogP contribution in [0.2, 0.25) is 0 Å². The maximum absolute atomic E-state index is 10.5. The summed E-state index contributed by atoms with van der Waals surface area (Å²) in [7, 11) is -1.62. The monoisotopic (exact) mass is 219 g/mol. The quantitative estimate of drug-likeness (QED) is 0.568. The molecular weight excluding hydrogens is 206 g/mol. The molecule has 0 fully saturated rings. The molecule has 0 aliphatic carbocycles. The Hall–Kier alpha value is -0.990. The molecule has 0 aliphatic rings. The van der Waals surface area contributed by atoms with Crippen LogP contribution in [0.3, 0.4) is 0 Å². The number of sulfonamides is 1. The van der Waals surface area contributed by atoms with Crippen molar-refractivity contribution < 1.29 is 8.42 Å². The number of hydrogen-bond acceptors (Lipinski definition) is 5. The first-order valence-electron chi connectivity index (χ1n) is 4.03. The maximum atomic E-state index is 10.5. The normalized spacial score (nSPS) is 11.9. The van der Waals surface area contributed by atoms with E-state index in [2.05, 4.69) is 15.4 Å². The Morgan fingerprint density at radius 1 is 1.64 bits per heavy atom. The second-order valence-electron chi connectivity index (χ2n) is 2.88. The van der Waals surface area contributed by atoms with E-state index < -0.39 is 10.0 Å². The third-order valence-corrected chi connectivity index (χ3v) is 2.27. The zero-order valence-corrected chi connectivity index (χ0v) is 8.66. The fourth-order valence-corrected chi connectivity index (χ4v) is 1.31. The number of hydrogen-bond donors (Lipinski definition) is 2.